The Labute approximate surface area is 214 Å². The maximum atomic E-state index is 14.0. The van der Waals surface area contributed by atoms with Crippen LogP contribution in [0.3, 0.4) is 0 Å². The van der Waals surface area contributed by atoms with Gasteiger partial charge in [0.1, 0.15) is 11.5 Å². The Hall–Kier alpha value is -3.71. The molecule has 1 aliphatic heterocycles. The maximum absolute atomic E-state index is 14.0. The molecule has 2 aromatic carbocycles. The van der Waals surface area contributed by atoms with Crippen LogP contribution < -0.4 is 15.4 Å². The van der Waals surface area contributed by atoms with Gasteiger partial charge >= 0.3 is 0 Å². The minimum atomic E-state index is -0.371. The number of para-hydroxylation sites is 1. The van der Waals surface area contributed by atoms with E-state index in [2.05, 4.69) is 22.2 Å². The molecule has 6 nitrogen and oxygen atoms in total. The van der Waals surface area contributed by atoms with Gasteiger partial charge in [-0.1, -0.05) is 50.8 Å². The highest BCUT2D eigenvalue weighted by molar-refractivity contribution is 5.87. The largest absolute Gasteiger partial charge is 0.457 e. The summed E-state index contributed by atoms with van der Waals surface area (Å²) in [4.78, 5) is 16.6. The molecule has 1 fully saturated rings. The van der Waals surface area contributed by atoms with Gasteiger partial charge in [-0.05, 0) is 55.8 Å². The molecule has 36 heavy (non-hydrogen) atoms. The van der Waals surface area contributed by atoms with Gasteiger partial charge in [-0.2, -0.15) is 0 Å². The molecule has 1 aliphatic rings. The molecule has 1 saturated heterocycles. The molecule has 0 radical (unpaired) electrons. The standard InChI is InChI=1S/C20H20FN3O.C7H11NO.C2H6/c1-22-19(17-12-24-13-18(21)20(17)23-2)14-8-10-16(11-9-14)25-15-6-4-3-5-7-15;1-2-7(9)8-5-3-4-6-8;1-2/h3-13,19,22H,1-2H3,(H,23,24);2H,1,3-6H2;1-2H3. The van der Waals surface area contributed by atoms with Crippen LogP contribution in [0.1, 0.15) is 43.9 Å². The Kier molecular flexibility index (Phi) is 12.1. The fraction of sp³-hybridized carbons (Fsp3) is 0.310. The average molecular weight is 493 g/mol. The number of aromatic nitrogens is 1. The molecule has 0 spiro atoms. The van der Waals surface area contributed by atoms with Crippen LogP contribution in [0, 0.1) is 5.82 Å². The van der Waals surface area contributed by atoms with E-state index in [1.807, 2.05) is 80.4 Å². The van der Waals surface area contributed by atoms with E-state index in [9.17, 15) is 9.18 Å². The number of hydrogen-bond donors (Lipinski definition) is 2. The number of likely N-dealkylation sites (tertiary alicyclic amines) is 1. The Morgan fingerprint density at radius 3 is 2.19 bits per heavy atom. The molecule has 192 valence electrons. The Morgan fingerprint density at radius 1 is 1.03 bits per heavy atom. The molecule has 7 heteroatoms. The zero-order valence-electron chi connectivity index (χ0n) is 21.6. The fourth-order valence-electron chi connectivity index (χ4n) is 3.85. The van der Waals surface area contributed by atoms with Crippen molar-refractivity contribution in [3.8, 4) is 11.5 Å². The molecule has 2 heterocycles. The molecular weight excluding hydrogens is 455 g/mol. The van der Waals surface area contributed by atoms with Crippen molar-refractivity contribution in [3.05, 3.63) is 96.6 Å². The van der Waals surface area contributed by atoms with Crippen molar-refractivity contribution in [3.63, 3.8) is 0 Å². The third kappa shape index (κ3) is 7.92. The molecule has 1 amide bonds. The lowest BCUT2D eigenvalue weighted by Crippen LogP contribution is -2.25. The predicted molar refractivity (Wildman–Crippen MR) is 145 cm³/mol. The summed E-state index contributed by atoms with van der Waals surface area (Å²) in [6.45, 7) is 9.26. The summed E-state index contributed by atoms with van der Waals surface area (Å²) in [7, 11) is 3.54. The third-order valence-corrected chi connectivity index (χ3v) is 5.56. The lowest BCUT2D eigenvalue weighted by molar-refractivity contribution is -0.124. The maximum Gasteiger partial charge on any atom is 0.245 e. The number of hydrogen-bond acceptors (Lipinski definition) is 5. The van der Waals surface area contributed by atoms with Crippen molar-refractivity contribution in [1.29, 1.82) is 0 Å². The topological polar surface area (TPSA) is 66.5 Å². The Bertz CT molecular complexity index is 1070. The van der Waals surface area contributed by atoms with Crippen molar-refractivity contribution in [2.45, 2.75) is 32.7 Å². The van der Waals surface area contributed by atoms with E-state index in [-0.39, 0.29) is 17.8 Å². The number of rotatable bonds is 7. The smallest absolute Gasteiger partial charge is 0.245 e. The third-order valence-electron chi connectivity index (χ3n) is 5.56. The first-order valence-electron chi connectivity index (χ1n) is 12.3. The van der Waals surface area contributed by atoms with Gasteiger partial charge in [0.2, 0.25) is 5.91 Å². The van der Waals surface area contributed by atoms with Crippen LogP contribution in [-0.2, 0) is 4.79 Å². The van der Waals surface area contributed by atoms with Crippen LogP contribution in [0.5, 0.6) is 11.5 Å². The van der Waals surface area contributed by atoms with Crippen LogP contribution in [-0.4, -0.2) is 43.0 Å². The molecule has 1 aromatic heterocycles. The fourth-order valence-corrected chi connectivity index (χ4v) is 3.85. The molecule has 0 bridgehead atoms. The van der Waals surface area contributed by atoms with Crippen molar-refractivity contribution in [2.24, 2.45) is 0 Å². The SMILES string of the molecule is C=CC(=O)N1CCCC1.CC.CNc1c(F)cncc1C(NC)c1ccc(Oc2ccccc2)cc1. The van der Waals surface area contributed by atoms with Gasteiger partial charge in [0, 0.05) is 31.9 Å². The van der Waals surface area contributed by atoms with Crippen LogP contribution >= 0.6 is 0 Å². The summed E-state index contributed by atoms with van der Waals surface area (Å²) in [6.07, 6.45) is 6.56. The van der Waals surface area contributed by atoms with E-state index in [1.165, 1.54) is 12.3 Å². The molecule has 1 atom stereocenters. The number of carbonyl (C=O) groups excluding carboxylic acids is 1. The van der Waals surface area contributed by atoms with Gasteiger partial charge in [-0.25, -0.2) is 4.39 Å². The highest BCUT2D eigenvalue weighted by Crippen LogP contribution is 2.31. The zero-order valence-corrected chi connectivity index (χ0v) is 21.6. The molecule has 4 rings (SSSR count). The monoisotopic (exact) mass is 492 g/mol. The Morgan fingerprint density at radius 2 is 1.64 bits per heavy atom. The molecule has 0 saturated carbocycles. The van der Waals surface area contributed by atoms with Crippen molar-refractivity contribution in [1.82, 2.24) is 15.2 Å². The number of halogens is 1. The van der Waals surface area contributed by atoms with Gasteiger partial charge in [0.05, 0.1) is 17.9 Å². The van der Waals surface area contributed by atoms with Crippen LogP contribution in [0.15, 0.2) is 79.6 Å². The summed E-state index contributed by atoms with van der Waals surface area (Å²) in [5, 5.41) is 6.13. The minimum absolute atomic E-state index is 0.0764. The highest BCUT2D eigenvalue weighted by Gasteiger charge is 2.18. The highest BCUT2D eigenvalue weighted by atomic mass is 19.1. The van der Waals surface area contributed by atoms with Crippen molar-refractivity contribution < 1.29 is 13.9 Å². The zero-order chi connectivity index (χ0) is 26.3. The molecule has 2 N–H and O–H groups in total. The van der Waals surface area contributed by atoms with Gasteiger partial charge < -0.3 is 20.3 Å². The first-order valence-corrected chi connectivity index (χ1v) is 12.3. The first kappa shape index (κ1) is 28.5. The van der Waals surface area contributed by atoms with Gasteiger partial charge in [0.15, 0.2) is 5.82 Å². The predicted octanol–water partition coefficient (Wildman–Crippen LogP) is 6.18. The van der Waals surface area contributed by atoms with Gasteiger partial charge in [-0.15, -0.1) is 0 Å². The van der Waals surface area contributed by atoms with Crippen LogP contribution in [0.25, 0.3) is 0 Å². The lowest BCUT2D eigenvalue weighted by atomic mass is 9.98. The number of anilines is 1. The lowest BCUT2D eigenvalue weighted by Gasteiger charge is -2.20. The second kappa shape index (κ2) is 15.3. The number of ether oxygens (including phenoxy) is 1. The summed E-state index contributed by atoms with van der Waals surface area (Å²) in [6, 6.07) is 17.2. The first-order chi connectivity index (χ1) is 17.6. The van der Waals surface area contributed by atoms with Gasteiger partial charge in [0.25, 0.3) is 0 Å². The van der Waals surface area contributed by atoms with E-state index >= 15 is 0 Å². The van der Waals surface area contributed by atoms with E-state index < -0.39 is 0 Å². The van der Waals surface area contributed by atoms with E-state index in [4.69, 9.17) is 4.74 Å². The Balaban J connectivity index is 0.000000347. The second-order valence-corrected chi connectivity index (χ2v) is 7.78. The number of amides is 1. The second-order valence-electron chi connectivity index (χ2n) is 7.78. The van der Waals surface area contributed by atoms with E-state index in [0.29, 0.717) is 5.69 Å². The van der Waals surface area contributed by atoms with Crippen molar-refractivity contribution >= 4 is 11.6 Å². The van der Waals surface area contributed by atoms with E-state index in [0.717, 1.165) is 48.6 Å². The summed E-state index contributed by atoms with van der Waals surface area (Å²) in [5.41, 5.74) is 2.19. The van der Waals surface area contributed by atoms with Crippen LogP contribution in [0.2, 0.25) is 0 Å². The number of nitrogens with one attached hydrogen (secondary N) is 2. The quantitative estimate of drug-likeness (QED) is 0.385. The normalized spacial score (nSPS) is 12.9. The van der Waals surface area contributed by atoms with Gasteiger partial charge in [-0.3, -0.25) is 9.78 Å². The number of carbonyl (C=O) groups is 1. The summed E-state index contributed by atoms with van der Waals surface area (Å²) < 4.78 is 19.8. The van der Waals surface area contributed by atoms with Crippen molar-refractivity contribution in [2.75, 3.05) is 32.5 Å². The average Bonchev–Trinajstić information content (AvgIpc) is 3.47. The number of benzene rings is 2. The summed E-state index contributed by atoms with van der Waals surface area (Å²) >= 11 is 0. The number of pyridine rings is 1. The molecule has 3 aromatic rings. The molecular formula is C29H37FN4O2. The van der Waals surface area contributed by atoms with Crippen LogP contribution in [0.4, 0.5) is 10.1 Å². The number of nitrogens with zero attached hydrogens (tertiary/aromatic N) is 2. The molecule has 1 unspecified atom stereocenters. The molecule has 0 aliphatic carbocycles. The summed E-state index contributed by atoms with van der Waals surface area (Å²) in [5.74, 6) is 1.24. The van der Waals surface area contributed by atoms with E-state index in [1.54, 1.807) is 13.2 Å². The minimum Gasteiger partial charge on any atom is -0.457 e.